The van der Waals surface area contributed by atoms with Gasteiger partial charge in [0, 0.05) is 6.08 Å². The smallest absolute Gasteiger partial charge is 0.338 e. The predicted molar refractivity (Wildman–Crippen MR) is 134 cm³/mol. The first-order valence-corrected chi connectivity index (χ1v) is 12.6. The van der Waals surface area contributed by atoms with Gasteiger partial charge in [0.15, 0.2) is 0 Å². The van der Waals surface area contributed by atoms with Crippen LogP contribution in [0.1, 0.15) is 87.1 Å². The molecule has 0 aromatic heterocycles. The third-order valence-electron chi connectivity index (χ3n) is 5.94. The molecule has 5 heteroatoms. The van der Waals surface area contributed by atoms with E-state index in [0.717, 1.165) is 50.0 Å². The lowest BCUT2D eigenvalue weighted by molar-refractivity contribution is -0.128. The van der Waals surface area contributed by atoms with Crippen molar-refractivity contribution in [3.63, 3.8) is 0 Å². The van der Waals surface area contributed by atoms with Crippen molar-refractivity contribution in [3.05, 3.63) is 65.7 Å². The molecule has 0 radical (unpaired) electrons. The third kappa shape index (κ3) is 9.05. The molecule has 0 amide bonds. The second kappa shape index (κ2) is 14.2. The van der Waals surface area contributed by atoms with Gasteiger partial charge in [0.2, 0.25) is 0 Å². The minimum atomic E-state index is -0.482. The number of carbonyl (C=O) groups excluding carboxylic acids is 2. The van der Waals surface area contributed by atoms with Crippen molar-refractivity contribution in [1.82, 2.24) is 0 Å². The average Bonchev–Trinajstić information content (AvgIpc) is 2.86. The Morgan fingerprint density at radius 3 is 2.24 bits per heavy atom. The Hall–Kier alpha value is -3.08. The molecule has 0 spiro atoms. The van der Waals surface area contributed by atoms with Crippen LogP contribution in [0.5, 0.6) is 11.5 Å². The fourth-order valence-corrected chi connectivity index (χ4v) is 3.95. The van der Waals surface area contributed by atoms with Crippen LogP contribution in [-0.2, 0) is 9.53 Å². The number of hydrogen-bond donors (Lipinski definition) is 0. The van der Waals surface area contributed by atoms with Crippen molar-refractivity contribution in [2.45, 2.75) is 77.2 Å². The molecule has 0 N–H and O–H groups in total. The average molecular weight is 465 g/mol. The SMILES string of the molecule is CCCCCCCOc1ccc(/C=C/C(=O)Oc2ccc(C(=O)OC3CCCCC3)cc2)cc1. The van der Waals surface area contributed by atoms with Crippen molar-refractivity contribution in [3.8, 4) is 11.5 Å². The molecular formula is C29H36O5. The van der Waals surface area contributed by atoms with E-state index in [9.17, 15) is 9.59 Å². The predicted octanol–water partition coefficient (Wildman–Crippen LogP) is 7.14. The summed E-state index contributed by atoms with van der Waals surface area (Å²) in [6, 6.07) is 14.1. The maximum Gasteiger partial charge on any atom is 0.338 e. The van der Waals surface area contributed by atoms with E-state index in [1.165, 1.54) is 38.2 Å². The van der Waals surface area contributed by atoms with Crippen molar-refractivity contribution in [1.29, 1.82) is 0 Å². The molecule has 0 saturated heterocycles. The molecule has 1 saturated carbocycles. The Bertz CT molecular complexity index is 909. The molecule has 0 aliphatic heterocycles. The summed E-state index contributed by atoms with van der Waals surface area (Å²) in [7, 11) is 0. The van der Waals surface area contributed by atoms with Crippen LogP contribution in [0.4, 0.5) is 0 Å². The molecule has 0 atom stereocenters. The Labute approximate surface area is 203 Å². The Morgan fingerprint density at radius 1 is 0.853 bits per heavy atom. The number of hydrogen-bond acceptors (Lipinski definition) is 5. The van der Waals surface area contributed by atoms with Gasteiger partial charge in [-0.1, -0.05) is 51.2 Å². The lowest BCUT2D eigenvalue weighted by atomic mass is 9.98. The molecule has 0 unspecified atom stereocenters. The van der Waals surface area contributed by atoms with Crippen LogP contribution in [0.3, 0.4) is 0 Å². The van der Waals surface area contributed by atoms with E-state index >= 15 is 0 Å². The second-order valence-corrected chi connectivity index (χ2v) is 8.78. The summed E-state index contributed by atoms with van der Waals surface area (Å²) in [4.78, 5) is 24.4. The summed E-state index contributed by atoms with van der Waals surface area (Å²) in [5, 5.41) is 0. The molecule has 1 aliphatic rings. The largest absolute Gasteiger partial charge is 0.494 e. The maximum absolute atomic E-state index is 12.3. The maximum atomic E-state index is 12.3. The van der Waals surface area contributed by atoms with Crippen molar-refractivity contribution >= 4 is 18.0 Å². The zero-order valence-corrected chi connectivity index (χ0v) is 20.2. The quantitative estimate of drug-likeness (QED) is 0.144. The summed E-state index contributed by atoms with van der Waals surface area (Å²) in [5.41, 5.74) is 1.34. The highest BCUT2D eigenvalue weighted by atomic mass is 16.5. The van der Waals surface area contributed by atoms with Crippen LogP contribution < -0.4 is 9.47 Å². The van der Waals surface area contributed by atoms with E-state index < -0.39 is 5.97 Å². The topological polar surface area (TPSA) is 61.8 Å². The number of unbranched alkanes of at least 4 members (excludes halogenated alkanes) is 4. The van der Waals surface area contributed by atoms with Crippen LogP contribution in [0.25, 0.3) is 6.08 Å². The van der Waals surface area contributed by atoms with Gasteiger partial charge >= 0.3 is 11.9 Å². The van der Waals surface area contributed by atoms with Crippen LogP contribution in [0, 0.1) is 0 Å². The van der Waals surface area contributed by atoms with Gasteiger partial charge in [-0.3, -0.25) is 0 Å². The second-order valence-electron chi connectivity index (χ2n) is 8.78. The number of esters is 2. The summed E-state index contributed by atoms with van der Waals surface area (Å²) in [6.45, 7) is 2.93. The van der Waals surface area contributed by atoms with E-state index in [2.05, 4.69) is 6.92 Å². The van der Waals surface area contributed by atoms with Crippen LogP contribution in [-0.4, -0.2) is 24.6 Å². The third-order valence-corrected chi connectivity index (χ3v) is 5.94. The van der Waals surface area contributed by atoms with Crippen molar-refractivity contribution in [2.75, 3.05) is 6.61 Å². The van der Waals surface area contributed by atoms with Gasteiger partial charge in [-0.2, -0.15) is 0 Å². The minimum absolute atomic E-state index is 0.0140. The summed E-state index contributed by atoms with van der Waals surface area (Å²) < 4.78 is 16.7. The van der Waals surface area contributed by atoms with Gasteiger partial charge in [-0.15, -0.1) is 0 Å². The summed E-state index contributed by atoms with van der Waals surface area (Å²) >= 11 is 0. The number of carbonyl (C=O) groups is 2. The van der Waals surface area contributed by atoms with E-state index in [4.69, 9.17) is 14.2 Å². The number of ether oxygens (including phenoxy) is 3. The highest BCUT2D eigenvalue weighted by molar-refractivity contribution is 5.90. The molecule has 2 aromatic rings. The highest BCUT2D eigenvalue weighted by Crippen LogP contribution is 2.22. The Balaban J connectivity index is 1.40. The van der Waals surface area contributed by atoms with Crippen LogP contribution in [0.2, 0.25) is 0 Å². The van der Waals surface area contributed by atoms with E-state index in [1.807, 2.05) is 24.3 Å². The van der Waals surface area contributed by atoms with Gasteiger partial charge in [0.1, 0.15) is 17.6 Å². The van der Waals surface area contributed by atoms with E-state index in [1.54, 1.807) is 30.3 Å². The molecule has 5 nitrogen and oxygen atoms in total. The number of rotatable bonds is 12. The van der Waals surface area contributed by atoms with Crippen LogP contribution >= 0.6 is 0 Å². The van der Waals surface area contributed by atoms with Gasteiger partial charge in [-0.05, 0) is 80.1 Å². The van der Waals surface area contributed by atoms with Crippen LogP contribution in [0.15, 0.2) is 54.6 Å². The van der Waals surface area contributed by atoms with Crippen molar-refractivity contribution < 1.29 is 23.8 Å². The zero-order chi connectivity index (χ0) is 24.0. The highest BCUT2D eigenvalue weighted by Gasteiger charge is 2.18. The van der Waals surface area contributed by atoms with Gasteiger partial charge in [-0.25, -0.2) is 9.59 Å². The van der Waals surface area contributed by atoms with Crippen molar-refractivity contribution in [2.24, 2.45) is 0 Å². The Kier molecular flexibility index (Phi) is 10.7. The lowest BCUT2D eigenvalue weighted by Crippen LogP contribution is -2.20. The molecule has 2 aromatic carbocycles. The molecule has 0 heterocycles. The molecule has 34 heavy (non-hydrogen) atoms. The monoisotopic (exact) mass is 464 g/mol. The first-order valence-electron chi connectivity index (χ1n) is 12.6. The minimum Gasteiger partial charge on any atom is -0.494 e. The summed E-state index contributed by atoms with van der Waals surface area (Å²) in [5.74, 6) is 0.405. The van der Waals surface area contributed by atoms with E-state index in [0.29, 0.717) is 11.3 Å². The number of benzene rings is 2. The Morgan fingerprint density at radius 2 is 1.53 bits per heavy atom. The molecule has 1 fully saturated rings. The first kappa shape index (κ1) is 25.5. The van der Waals surface area contributed by atoms with Gasteiger partial charge < -0.3 is 14.2 Å². The lowest BCUT2D eigenvalue weighted by Gasteiger charge is -2.21. The fourth-order valence-electron chi connectivity index (χ4n) is 3.95. The van der Waals surface area contributed by atoms with Gasteiger partial charge in [0.05, 0.1) is 12.2 Å². The molecular weight excluding hydrogens is 428 g/mol. The van der Waals surface area contributed by atoms with E-state index in [-0.39, 0.29) is 12.1 Å². The molecule has 1 aliphatic carbocycles. The summed E-state index contributed by atoms with van der Waals surface area (Å²) in [6.07, 6.45) is 14.4. The molecule has 0 bridgehead atoms. The fraction of sp³-hybridized carbons (Fsp3) is 0.448. The molecule has 182 valence electrons. The normalized spacial score (nSPS) is 14.1. The van der Waals surface area contributed by atoms with Gasteiger partial charge in [0.25, 0.3) is 0 Å². The first-order chi connectivity index (χ1) is 16.6. The standard InChI is InChI=1S/C29H36O5/c1-2-3-4-5-9-22-32-25-17-12-23(13-18-25)14-21-28(30)33-27-19-15-24(16-20-27)29(31)34-26-10-7-6-8-11-26/h12-21,26H,2-11,22H2,1H3/b21-14+. The molecule has 3 rings (SSSR count). The zero-order valence-electron chi connectivity index (χ0n) is 20.2.